The van der Waals surface area contributed by atoms with Gasteiger partial charge >= 0.3 is 0 Å². The van der Waals surface area contributed by atoms with E-state index in [1.54, 1.807) is 24.3 Å². The number of anilines is 1. The van der Waals surface area contributed by atoms with Crippen LogP contribution in [0.25, 0.3) is 0 Å². The van der Waals surface area contributed by atoms with Gasteiger partial charge in [-0.15, -0.1) is 0 Å². The molecule has 2 rings (SSSR count). The third-order valence-electron chi connectivity index (χ3n) is 3.40. The summed E-state index contributed by atoms with van der Waals surface area (Å²) in [6, 6.07) is 10.9. The molecule has 0 saturated heterocycles. The number of non-ortho nitro benzene ring substituents is 1. The first-order valence-electron chi connectivity index (χ1n) is 7.39. The van der Waals surface area contributed by atoms with E-state index in [0.717, 1.165) is 5.56 Å². The summed E-state index contributed by atoms with van der Waals surface area (Å²) in [5.41, 5.74) is 1.11. The van der Waals surface area contributed by atoms with Gasteiger partial charge in [0.05, 0.1) is 4.92 Å². The van der Waals surface area contributed by atoms with Crippen molar-refractivity contribution in [3.8, 4) is 5.75 Å². The molecule has 6 nitrogen and oxygen atoms in total. The predicted octanol–water partition coefficient (Wildman–Crippen LogP) is 4.35. The molecule has 1 amide bonds. The molecule has 1 N–H and O–H groups in total. The molecule has 24 heavy (non-hydrogen) atoms. The number of hydrogen-bond acceptors (Lipinski definition) is 4. The smallest absolute Gasteiger partial charge is 0.271 e. The number of benzene rings is 2. The largest absolute Gasteiger partial charge is 0.481 e. The minimum absolute atomic E-state index is 0.0879. The number of nitro groups is 1. The molecule has 1 atom stereocenters. The van der Waals surface area contributed by atoms with Gasteiger partial charge in [-0.2, -0.15) is 0 Å². The van der Waals surface area contributed by atoms with Crippen LogP contribution in [-0.4, -0.2) is 16.9 Å². The molecule has 0 aliphatic rings. The van der Waals surface area contributed by atoms with Crippen molar-refractivity contribution in [1.29, 1.82) is 0 Å². The van der Waals surface area contributed by atoms with E-state index in [9.17, 15) is 14.9 Å². The summed E-state index contributed by atoms with van der Waals surface area (Å²) in [6.07, 6.45) is -0.271. The van der Waals surface area contributed by atoms with E-state index in [1.165, 1.54) is 18.2 Å². The predicted molar refractivity (Wildman–Crippen MR) is 92.6 cm³/mol. The van der Waals surface area contributed by atoms with Crippen molar-refractivity contribution in [3.05, 3.63) is 63.2 Å². The number of nitrogens with zero attached hydrogens (tertiary/aromatic N) is 1. The van der Waals surface area contributed by atoms with E-state index < -0.39 is 11.0 Å². The molecule has 0 aromatic heterocycles. The molecule has 0 spiro atoms. The van der Waals surface area contributed by atoms with E-state index in [2.05, 4.69) is 5.32 Å². The van der Waals surface area contributed by atoms with Crippen molar-refractivity contribution in [3.63, 3.8) is 0 Å². The second-order valence-corrected chi connectivity index (χ2v) is 5.63. The number of nitrogens with one attached hydrogen (secondary N) is 1. The van der Waals surface area contributed by atoms with Gasteiger partial charge in [0.1, 0.15) is 5.75 Å². The first-order valence-corrected chi connectivity index (χ1v) is 7.76. The number of ether oxygens (including phenoxy) is 1. The van der Waals surface area contributed by atoms with Crippen molar-refractivity contribution < 1.29 is 14.5 Å². The quantitative estimate of drug-likeness (QED) is 0.621. The molecule has 126 valence electrons. The molecule has 0 fully saturated rings. The zero-order valence-corrected chi connectivity index (χ0v) is 14.0. The first-order chi connectivity index (χ1) is 11.4. The lowest BCUT2D eigenvalue weighted by Crippen LogP contribution is -2.32. The molecule has 7 heteroatoms. The van der Waals surface area contributed by atoms with Crippen LogP contribution in [0.5, 0.6) is 5.75 Å². The number of nitro benzene ring substituents is 1. The lowest BCUT2D eigenvalue weighted by molar-refractivity contribution is -0.384. The molecule has 0 aliphatic carbocycles. The van der Waals surface area contributed by atoms with E-state index in [0.29, 0.717) is 22.9 Å². The van der Waals surface area contributed by atoms with Crippen LogP contribution in [0.4, 0.5) is 11.4 Å². The lowest BCUT2D eigenvalue weighted by Gasteiger charge is -2.17. The van der Waals surface area contributed by atoms with Crippen LogP contribution in [-0.2, 0) is 4.79 Å². The van der Waals surface area contributed by atoms with Gasteiger partial charge in [-0.3, -0.25) is 14.9 Å². The molecule has 0 saturated carbocycles. The molecular formula is C17H17ClN2O4. The molecule has 2 aromatic rings. The first kappa shape index (κ1) is 17.7. The summed E-state index contributed by atoms with van der Waals surface area (Å²) < 4.78 is 5.71. The normalized spacial score (nSPS) is 11.6. The Labute approximate surface area is 144 Å². The minimum Gasteiger partial charge on any atom is -0.481 e. The minimum atomic E-state index is -0.718. The van der Waals surface area contributed by atoms with Crippen molar-refractivity contribution in [2.75, 3.05) is 5.32 Å². The molecule has 0 bridgehead atoms. The Hall–Kier alpha value is -2.60. The molecule has 0 unspecified atom stereocenters. The Morgan fingerprint density at radius 3 is 2.71 bits per heavy atom. The van der Waals surface area contributed by atoms with Gasteiger partial charge in [-0.05, 0) is 43.2 Å². The monoisotopic (exact) mass is 348 g/mol. The number of amides is 1. The fourth-order valence-electron chi connectivity index (χ4n) is 2.10. The Morgan fingerprint density at radius 2 is 2.08 bits per heavy atom. The van der Waals surface area contributed by atoms with E-state index in [4.69, 9.17) is 16.3 Å². The average molecular weight is 349 g/mol. The molecule has 2 aromatic carbocycles. The van der Waals surface area contributed by atoms with Crippen LogP contribution in [0.1, 0.15) is 18.9 Å². The lowest BCUT2D eigenvalue weighted by atomic mass is 10.2. The highest BCUT2D eigenvalue weighted by Gasteiger charge is 2.19. The van der Waals surface area contributed by atoms with E-state index in [1.807, 2.05) is 13.8 Å². The van der Waals surface area contributed by atoms with Crippen LogP contribution in [0, 0.1) is 17.0 Å². The van der Waals surface area contributed by atoms with Crippen LogP contribution in [0.15, 0.2) is 42.5 Å². The maximum Gasteiger partial charge on any atom is 0.271 e. The van der Waals surface area contributed by atoms with Crippen LogP contribution < -0.4 is 10.1 Å². The Balaban J connectivity index is 2.09. The summed E-state index contributed by atoms with van der Waals surface area (Å²) in [4.78, 5) is 22.6. The summed E-state index contributed by atoms with van der Waals surface area (Å²) >= 11 is 5.97. The summed E-state index contributed by atoms with van der Waals surface area (Å²) in [5.74, 6) is 0.170. The van der Waals surface area contributed by atoms with Gasteiger partial charge in [-0.1, -0.05) is 24.6 Å². The molecule has 0 aliphatic heterocycles. The zero-order chi connectivity index (χ0) is 17.7. The van der Waals surface area contributed by atoms with Crippen molar-refractivity contribution in [2.45, 2.75) is 26.4 Å². The average Bonchev–Trinajstić information content (AvgIpc) is 2.55. The second kappa shape index (κ2) is 7.79. The Morgan fingerprint density at radius 1 is 1.33 bits per heavy atom. The van der Waals surface area contributed by atoms with E-state index in [-0.39, 0.29) is 11.6 Å². The van der Waals surface area contributed by atoms with Crippen molar-refractivity contribution in [1.82, 2.24) is 0 Å². The van der Waals surface area contributed by atoms with Gasteiger partial charge in [-0.25, -0.2) is 0 Å². The number of hydrogen-bond donors (Lipinski definition) is 1. The molecule has 0 heterocycles. The van der Waals surface area contributed by atoms with E-state index >= 15 is 0 Å². The van der Waals surface area contributed by atoms with Crippen LogP contribution >= 0.6 is 11.6 Å². The summed E-state index contributed by atoms with van der Waals surface area (Å²) in [6.45, 7) is 3.67. The molecule has 0 radical (unpaired) electrons. The highest BCUT2D eigenvalue weighted by Crippen LogP contribution is 2.23. The second-order valence-electron chi connectivity index (χ2n) is 5.22. The van der Waals surface area contributed by atoms with Gasteiger partial charge in [0.2, 0.25) is 0 Å². The van der Waals surface area contributed by atoms with Crippen LogP contribution in [0.2, 0.25) is 5.02 Å². The van der Waals surface area contributed by atoms with Crippen molar-refractivity contribution in [2.24, 2.45) is 0 Å². The standard InChI is InChI=1S/C17H17ClN2O4/c1-3-16(24-14-7-8-15(18)11(2)9-14)17(21)19-12-5-4-6-13(10-12)20(22)23/h4-10,16H,3H2,1-2H3,(H,19,21)/t16-/m0/s1. The SMILES string of the molecule is CC[C@H](Oc1ccc(Cl)c(C)c1)C(=O)Nc1cccc([N+](=O)[O-])c1. The maximum absolute atomic E-state index is 12.3. The number of carbonyl (C=O) groups is 1. The summed E-state index contributed by atoms with van der Waals surface area (Å²) in [7, 11) is 0. The number of carbonyl (C=O) groups excluding carboxylic acids is 1. The Bertz CT molecular complexity index is 764. The number of halogens is 1. The number of rotatable bonds is 6. The van der Waals surface area contributed by atoms with Gasteiger partial charge in [0, 0.05) is 22.8 Å². The fourth-order valence-corrected chi connectivity index (χ4v) is 2.21. The highest BCUT2D eigenvalue weighted by molar-refractivity contribution is 6.31. The highest BCUT2D eigenvalue weighted by atomic mass is 35.5. The molecular weight excluding hydrogens is 332 g/mol. The zero-order valence-electron chi connectivity index (χ0n) is 13.3. The summed E-state index contributed by atoms with van der Waals surface area (Å²) in [5, 5.41) is 14.0. The maximum atomic E-state index is 12.3. The fraction of sp³-hybridized carbons (Fsp3) is 0.235. The Kier molecular flexibility index (Phi) is 5.76. The van der Waals surface area contributed by atoms with Crippen molar-refractivity contribution >= 4 is 28.9 Å². The third kappa shape index (κ3) is 4.45. The third-order valence-corrected chi connectivity index (χ3v) is 3.82. The van der Waals surface area contributed by atoms with Gasteiger partial charge < -0.3 is 10.1 Å². The number of aryl methyl sites for hydroxylation is 1. The van der Waals surface area contributed by atoms with Crippen LogP contribution in [0.3, 0.4) is 0 Å². The van der Waals surface area contributed by atoms with Gasteiger partial charge in [0.15, 0.2) is 6.10 Å². The van der Waals surface area contributed by atoms with Gasteiger partial charge in [0.25, 0.3) is 11.6 Å². The topological polar surface area (TPSA) is 81.5 Å².